The van der Waals surface area contributed by atoms with Crippen molar-refractivity contribution in [3.8, 4) is 0 Å². The summed E-state index contributed by atoms with van der Waals surface area (Å²) < 4.78 is 4.70. The van der Waals surface area contributed by atoms with Crippen molar-refractivity contribution in [1.82, 2.24) is 0 Å². The van der Waals surface area contributed by atoms with Gasteiger partial charge in [-0.1, -0.05) is 19.9 Å². The van der Waals surface area contributed by atoms with E-state index in [9.17, 15) is 4.79 Å². The van der Waals surface area contributed by atoms with Gasteiger partial charge >= 0.3 is 15.7 Å². The van der Waals surface area contributed by atoms with Crippen LogP contribution in [0.2, 0.25) is 6.04 Å². The predicted molar refractivity (Wildman–Crippen MR) is 37.1 cm³/mol. The molecule has 0 atom stereocenters. The maximum atomic E-state index is 10.4. The zero-order valence-corrected chi connectivity index (χ0v) is 6.52. The van der Waals surface area contributed by atoms with Crippen LogP contribution in [0.1, 0.15) is 13.3 Å². The van der Waals surface area contributed by atoms with Gasteiger partial charge in [-0.2, -0.15) is 0 Å². The van der Waals surface area contributed by atoms with Crippen molar-refractivity contribution in [2.75, 3.05) is 0 Å². The Morgan fingerprint density at radius 3 is 3.00 bits per heavy atom. The van der Waals surface area contributed by atoms with Gasteiger partial charge in [-0.15, -0.1) is 0 Å². The second-order valence-electron chi connectivity index (χ2n) is 1.52. The number of hydrogen-bond donors (Lipinski definition) is 0. The minimum atomic E-state index is -0.318. The number of carbonyl (C=O) groups is 1. The van der Waals surface area contributed by atoms with Gasteiger partial charge in [-0.25, -0.2) is 4.79 Å². The van der Waals surface area contributed by atoms with Crippen LogP contribution in [0, 0.1) is 0 Å². The SMILES string of the molecule is C=CC(=O)O[Si]CCC. The van der Waals surface area contributed by atoms with E-state index in [1.54, 1.807) is 0 Å². The molecule has 0 unspecified atom stereocenters. The molecule has 9 heavy (non-hydrogen) atoms. The van der Waals surface area contributed by atoms with Crippen molar-refractivity contribution in [2.45, 2.75) is 19.4 Å². The molecule has 0 N–H and O–H groups in total. The van der Waals surface area contributed by atoms with Crippen LogP contribution in [-0.2, 0) is 9.22 Å². The molecule has 0 aromatic carbocycles. The normalized spacial score (nSPS) is 8.56. The number of hydrogen-bond acceptors (Lipinski definition) is 2. The van der Waals surface area contributed by atoms with Crippen molar-refractivity contribution in [3.05, 3.63) is 12.7 Å². The Balaban J connectivity index is 3.07. The summed E-state index contributed by atoms with van der Waals surface area (Å²) in [4.78, 5) is 10.4. The third-order valence-electron chi connectivity index (χ3n) is 0.691. The molecule has 2 radical (unpaired) electrons. The summed E-state index contributed by atoms with van der Waals surface area (Å²) in [5.74, 6) is -0.318. The highest BCUT2D eigenvalue weighted by Crippen LogP contribution is 1.86. The summed E-state index contributed by atoms with van der Waals surface area (Å²) >= 11 is 0. The summed E-state index contributed by atoms with van der Waals surface area (Å²) in [5.41, 5.74) is 0. The summed E-state index contributed by atoms with van der Waals surface area (Å²) in [6.07, 6.45) is 2.24. The molecule has 0 spiro atoms. The van der Waals surface area contributed by atoms with Gasteiger partial charge < -0.3 is 4.43 Å². The molecule has 0 aliphatic carbocycles. The van der Waals surface area contributed by atoms with E-state index in [0.717, 1.165) is 12.5 Å². The Kier molecular flexibility index (Phi) is 5.21. The van der Waals surface area contributed by atoms with Crippen molar-refractivity contribution >= 4 is 15.7 Å². The fourth-order valence-electron chi connectivity index (χ4n) is 0.266. The zero-order valence-electron chi connectivity index (χ0n) is 5.52. The lowest BCUT2D eigenvalue weighted by Gasteiger charge is -1.94. The second kappa shape index (κ2) is 5.56. The van der Waals surface area contributed by atoms with Crippen molar-refractivity contribution in [2.24, 2.45) is 0 Å². The standard InChI is InChI=1S/C6H10O2Si/c1-3-5-9-8-6(7)4-2/h4H,2-3,5H2,1H3. The van der Waals surface area contributed by atoms with Gasteiger partial charge in [-0.05, 0) is 6.04 Å². The Hall–Kier alpha value is -0.573. The van der Waals surface area contributed by atoms with Gasteiger partial charge in [-0.3, -0.25) is 0 Å². The molecular weight excluding hydrogens is 132 g/mol. The Morgan fingerprint density at radius 2 is 2.56 bits per heavy atom. The van der Waals surface area contributed by atoms with Crippen molar-refractivity contribution in [1.29, 1.82) is 0 Å². The fraction of sp³-hybridized carbons (Fsp3) is 0.500. The maximum absolute atomic E-state index is 10.4. The summed E-state index contributed by atoms with van der Waals surface area (Å²) in [7, 11) is 0.299. The van der Waals surface area contributed by atoms with Gasteiger partial charge in [0.25, 0.3) is 0 Å². The van der Waals surface area contributed by atoms with E-state index in [1.165, 1.54) is 6.08 Å². The molecule has 0 fully saturated rings. The average molecular weight is 142 g/mol. The highest BCUT2D eigenvalue weighted by Gasteiger charge is 1.94. The van der Waals surface area contributed by atoms with E-state index in [2.05, 4.69) is 13.5 Å². The first-order chi connectivity index (χ1) is 4.31. The van der Waals surface area contributed by atoms with Crippen LogP contribution in [0.15, 0.2) is 12.7 Å². The first-order valence-corrected chi connectivity index (χ1v) is 3.99. The van der Waals surface area contributed by atoms with Crippen LogP contribution in [0.5, 0.6) is 0 Å². The molecule has 50 valence electrons. The highest BCUT2D eigenvalue weighted by molar-refractivity contribution is 6.30. The largest absolute Gasteiger partial charge is 0.513 e. The Labute approximate surface area is 57.8 Å². The monoisotopic (exact) mass is 142 g/mol. The third-order valence-corrected chi connectivity index (χ3v) is 1.74. The van der Waals surface area contributed by atoms with Gasteiger partial charge in [0.2, 0.25) is 0 Å². The van der Waals surface area contributed by atoms with E-state index in [4.69, 9.17) is 4.43 Å². The fourth-order valence-corrected chi connectivity index (χ4v) is 0.798. The quantitative estimate of drug-likeness (QED) is 0.334. The molecule has 0 rings (SSSR count). The summed E-state index contributed by atoms with van der Waals surface area (Å²) in [6, 6.07) is 0.958. The molecule has 0 saturated carbocycles. The molecule has 0 aromatic heterocycles. The van der Waals surface area contributed by atoms with Gasteiger partial charge in [0.05, 0.1) is 0 Å². The predicted octanol–water partition coefficient (Wildman–Crippen LogP) is 1.16. The summed E-state index contributed by atoms with van der Waals surface area (Å²) in [5, 5.41) is 0. The smallest absolute Gasteiger partial charge is 0.316 e. The van der Waals surface area contributed by atoms with Crippen LogP contribution in [0.3, 0.4) is 0 Å². The third kappa shape index (κ3) is 5.30. The Morgan fingerprint density at radius 1 is 1.89 bits per heavy atom. The molecule has 0 heterocycles. The average Bonchev–Trinajstić information content (AvgIpc) is 1.89. The molecule has 0 bridgehead atoms. The van der Waals surface area contributed by atoms with Crippen LogP contribution in [-0.4, -0.2) is 15.7 Å². The number of rotatable bonds is 4. The Bertz CT molecular complexity index is 101. The lowest BCUT2D eigenvalue weighted by atomic mass is 10.6. The van der Waals surface area contributed by atoms with Gasteiger partial charge in [0.15, 0.2) is 0 Å². The molecule has 3 heteroatoms. The van der Waals surface area contributed by atoms with Crippen LogP contribution < -0.4 is 0 Å². The maximum Gasteiger partial charge on any atom is 0.316 e. The lowest BCUT2D eigenvalue weighted by Crippen LogP contribution is -2.03. The highest BCUT2D eigenvalue weighted by atomic mass is 28.2. The van der Waals surface area contributed by atoms with Gasteiger partial charge in [0, 0.05) is 6.08 Å². The molecule has 2 nitrogen and oxygen atoms in total. The topological polar surface area (TPSA) is 26.3 Å². The second-order valence-corrected chi connectivity index (χ2v) is 2.51. The van der Waals surface area contributed by atoms with Crippen molar-refractivity contribution < 1.29 is 9.22 Å². The van der Waals surface area contributed by atoms with E-state index in [-0.39, 0.29) is 5.97 Å². The van der Waals surface area contributed by atoms with Gasteiger partial charge in [0.1, 0.15) is 0 Å². The molecule has 0 aliphatic heterocycles. The minimum absolute atomic E-state index is 0.299. The molecule has 0 amide bonds. The minimum Gasteiger partial charge on any atom is -0.513 e. The first kappa shape index (κ1) is 8.43. The first-order valence-electron chi connectivity index (χ1n) is 2.87. The lowest BCUT2D eigenvalue weighted by molar-refractivity contribution is -0.128. The number of carbonyl (C=O) groups excluding carboxylic acids is 1. The van der Waals surface area contributed by atoms with Crippen LogP contribution in [0.4, 0.5) is 0 Å². The molecular formula is C6H10O2Si. The zero-order chi connectivity index (χ0) is 7.11. The van der Waals surface area contributed by atoms with E-state index < -0.39 is 0 Å². The van der Waals surface area contributed by atoms with Crippen molar-refractivity contribution in [3.63, 3.8) is 0 Å². The van der Waals surface area contributed by atoms with E-state index in [0.29, 0.717) is 9.76 Å². The van der Waals surface area contributed by atoms with Crippen LogP contribution >= 0.6 is 0 Å². The molecule has 0 aromatic rings. The van der Waals surface area contributed by atoms with E-state index >= 15 is 0 Å². The van der Waals surface area contributed by atoms with E-state index in [1.807, 2.05) is 0 Å². The summed E-state index contributed by atoms with van der Waals surface area (Å²) in [6.45, 7) is 5.32. The van der Waals surface area contributed by atoms with Crippen LogP contribution in [0.25, 0.3) is 0 Å². The molecule has 0 saturated heterocycles. The molecule has 0 aliphatic rings.